The molecule has 0 unspecified atom stereocenters. The summed E-state index contributed by atoms with van der Waals surface area (Å²) < 4.78 is 38.0. The lowest BCUT2D eigenvalue weighted by Crippen LogP contribution is -2.36. The van der Waals surface area contributed by atoms with E-state index < -0.39 is 11.9 Å². The third-order valence-electron chi connectivity index (χ3n) is 2.26. The molecule has 7 heteroatoms. The van der Waals surface area contributed by atoms with E-state index in [1.807, 2.05) is 0 Å². The lowest BCUT2D eigenvalue weighted by atomic mass is 10.3. The summed E-state index contributed by atoms with van der Waals surface area (Å²) in [4.78, 5) is 12.6. The number of rotatable bonds is 0. The lowest BCUT2D eigenvalue weighted by Gasteiger charge is -2.22. The number of carbonyl (C=O) groups is 1. The zero-order chi connectivity index (χ0) is 11.2. The molecule has 0 spiro atoms. The normalized spacial score (nSPS) is 16.8. The number of nitrogens with zero attached hydrogens (tertiary/aromatic N) is 3. The standard InChI is InChI=1S/C8H8F3N3O/c1-13-3-5-2-6(8(9,10)11)12-14(5)4-7(13)15/h2H,3-4H2,1H3. The van der Waals surface area contributed by atoms with Gasteiger partial charge in [0.1, 0.15) is 6.54 Å². The first kappa shape index (κ1) is 10.0. The van der Waals surface area contributed by atoms with Gasteiger partial charge in [0, 0.05) is 7.05 Å². The van der Waals surface area contributed by atoms with Crippen LogP contribution in [0.1, 0.15) is 11.4 Å². The Hall–Kier alpha value is -1.53. The highest BCUT2D eigenvalue weighted by atomic mass is 19.4. The van der Waals surface area contributed by atoms with E-state index in [0.29, 0.717) is 5.69 Å². The molecule has 1 aromatic rings. The van der Waals surface area contributed by atoms with Gasteiger partial charge in [-0.3, -0.25) is 9.48 Å². The van der Waals surface area contributed by atoms with Gasteiger partial charge in [0.25, 0.3) is 0 Å². The van der Waals surface area contributed by atoms with Crippen LogP contribution in [0.5, 0.6) is 0 Å². The molecule has 0 atom stereocenters. The minimum atomic E-state index is -4.45. The zero-order valence-corrected chi connectivity index (χ0v) is 7.88. The fourth-order valence-corrected chi connectivity index (χ4v) is 1.44. The predicted octanol–water partition coefficient (Wildman–Crippen LogP) is 0.874. The molecule has 0 fully saturated rings. The number of carbonyl (C=O) groups excluding carboxylic acids is 1. The summed E-state index contributed by atoms with van der Waals surface area (Å²) >= 11 is 0. The minimum absolute atomic E-state index is 0.123. The molecule has 2 rings (SSSR count). The molecule has 0 N–H and O–H groups in total. The molecule has 2 heterocycles. The smallest absolute Gasteiger partial charge is 0.338 e. The first-order valence-electron chi connectivity index (χ1n) is 4.26. The first-order valence-corrected chi connectivity index (χ1v) is 4.26. The van der Waals surface area contributed by atoms with Crippen molar-refractivity contribution in [2.24, 2.45) is 0 Å². The Morgan fingerprint density at radius 3 is 2.67 bits per heavy atom. The number of alkyl halides is 3. The van der Waals surface area contributed by atoms with E-state index in [4.69, 9.17) is 0 Å². The van der Waals surface area contributed by atoms with Crippen molar-refractivity contribution >= 4 is 5.91 Å². The summed E-state index contributed by atoms with van der Waals surface area (Å²) in [6.07, 6.45) is -4.45. The molecule has 1 aliphatic heterocycles. The van der Waals surface area contributed by atoms with Gasteiger partial charge in [-0.2, -0.15) is 18.3 Å². The van der Waals surface area contributed by atoms with E-state index >= 15 is 0 Å². The monoisotopic (exact) mass is 219 g/mol. The summed E-state index contributed by atoms with van der Waals surface area (Å²) in [5.41, 5.74) is -0.537. The Kier molecular flexibility index (Phi) is 1.99. The molecular weight excluding hydrogens is 211 g/mol. The fraction of sp³-hybridized carbons (Fsp3) is 0.500. The average molecular weight is 219 g/mol. The SMILES string of the molecule is CN1Cc2cc(C(F)(F)F)nn2CC1=O. The van der Waals surface area contributed by atoms with Crippen molar-refractivity contribution in [3.05, 3.63) is 17.5 Å². The third kappa shape index (κ3) is 1.69. The lowest BCUT2D eigenvalue weighted by molar-refractivity contribution is -0.142. The Morgan fingerprint density at radius 2 is 2.07 bits per heavy atom. The Morgan fingerprint density at radius 1 is 1.40 bits per heavy atom. The number of amides is 1. The topological polar surface area (TPSA) is 38.1 Å². The van der Waals surface area contributed by atoms with Crippen LogP contribution < -0.4 is 0 Å². The molecule has 1 aromatic heterocycles. The van der Waals surface area contributed by atoms with E-state index in [9.17, 15) is 18.0 Å². The highest BCUT2D eigenvalue weighted by Gasteiger charge is 2.36. The van der Waals surface area contributed by atoms with Crippen LogP contribution in [0, 0.1) is 0 Å². The third-order valence-corrected chi connectivity index (χ3v) is 2.26. The number of fused-ring (bicyclic) bond motifs is 1. The second-order valence-electron chi connectivity index (χ2n) is 3.43. The molecule has 0 aliphatic carbocycles. The van der Waals surface area contributed by atoms with Gasteiger partial charge in [0.05, 0.1) is 12.2 Å². The van der Waals surface area contributed by atoms with Gasteiger partial charge in [-0.15, -0.1) is 0 Å². The summed E-state index contributed by atoms with van der Waals surface area (Å²) in [6, 6.07) is 0.975. The highest BCUT2D eigenvalue weighted by molar-refractivity contribution is 5.76. The molecule has 15 heavy (non-hydrogen) atoms. The van der Waals surface area contributed by atoms with Crippen molar-refractivity contribution in [1.82, 2.24) is 14.7 Å². The van der Waals surface area contributed by atoms with Gasteiger partial charge < -0.3 is 4.90 Å². The van der Waals surface area contributed by atoms with E-state index in [-0.39, 0.29) is 19.0 Å². The molecular formula is C8H8F3N3O. The maximum Gasteiger partial charge on any atom is 0.435 e. The van der Waals surface area contributed by atoms with Crippen molar-refractivity contribution in [2.75, 3.05) is 7.05 Å². The zero-order valence-electron chi connectivity index (χ0n) is 7.88. The Labute approximate surface area is 83.3 Å². The second kappa shape index (κ2) is 2.98. The van der Waals surface area contributed by atoms with Gasteiger partial charge in [0.2, 0.25) is 5.91 Å². The highest BCUT2D eigenvalue weighted by Crippen LogP contribution is 2.29. The summed E-state index contributed by atoms with van der Waals surface area (Å²) in [7, 11) is 1.55. The van der Waals surface area contributed by atoms with Gasteiger partial charge in [0.15, 0.2) is 5.69 Å². The van der Waals surface area contributed by atoms with Gasteiger partial charge in [-0.1, -0.05) is 0 Å². The van der Waals surface area contributed by atoms with Crippen LogP contribution in [0.4, 0.5) is 13.2 Å². The van der Waals surface area contributed by atoms with Crippen molar-refractivity contribution in [1.29, 1.82) is 0 Å². The summed E-state index contributed by atoms with van der Waals surface area (Å²) in [6.45, 7) is 0.0455. The van der Waals surface area contributed by atoms with E-state index in [1.165, 1.54) is 4.90 Å². The van der Waals surface area contributed by atoms with Crippen LogP contribution in [0.3, 0.4) is 0 Å². The fourth-order valence-electron chi connectivity index (χ4n) is 1.44. The van der Waals surface area contributed by atoms with Crippen LogP contribution in [-0.4, -0.2) is 27.6 Å². The molecule has 0 saturated carbocycles. The second-order valence-corrected chi connectivity index (χ2v) is 3.43. The molecule has 4 nitrogen and oxygen atoms in total. The van der Waals surface area contributed by atoms with Crippen LogP contribution in [-0.2, 0) is 24.1 Å². The van der Waals surface area contributed by atoms with E-state index in [1.54, 1.807) is 7.05 Å². The van der Waals surface area contributed by atoms with Crippen molar-refractivity contribution in [3.8, 4) is 0 Å². The maximum absolute atomic E-state index is 12.3. The molecule has 0 saturated heterocycles. The van der Waals surface area contributed by atoms with Gasteiger partial charge in [-0.05, 0) is 6.07 Å². The summed E-state index contributed by atoms with van der Waals surface area (Å²) in [5.74, 6) is -0.237. The summed E-state index contributed by atoms with van der Waals surface area (Å²) in [5, 5.41) is 3.35. The number of hydrogen-bond donors (Lipinski definition) is 0. The first-order chi connectivity index (χ1) is 6.88. The Balaban J connectivity index is 2.37. The number of aromatic nitrogens is 2. The van der Waals surface area contributed by atoms with Crippen LogP contribution in [0.25, 0.3) is 0 Å². The number of halogens is 3. The van der Waals surface area contributed by atoms with Crippen molar-refractivity contribution < 1.29 is 18.0 Å². The molecule has 82 valence electrons. The van der Waals surface area contributed by atoms with Crippen LogP contribution in [0.15, 0.2) is 6.07 Å². The van der Waals surface area contributed by atoms with Crippen molar-refractivity contribution in [3.63, 3.8) is 0 Å². The van der Waals surface area contributed by atoms with Crippen molar-refractivity contribution in [2.45, 2.75) is 19.3 Å². The van der Waals surface area contributed by atoms with E-state index in [0.717, 1.165) is 10.7 Å². The Bertz CT molecular complexity index is 410. The van der Waals surface area contributed by atoms with Gasteiger partial charge >= 0.3 is 6.18 Å². The molecule has 0 bridgehead atoms. The average Bonchev–Trinajstić information content (AvgIpc) is 2.47. The maximum atomic E-state index is 12.3. The van der Waals surface area contributed by atoms with Crippen LogP contribution >= 0.6 is 0 Å². The van der Waals surface area contributed by atoms with Gasteiger partial charge in [-0.25, -0.2) is 0 Å². The molecule has 0 aromatic carbocycles. The largest absolute Gasteiger partial charge is 0.435 e. The molecule has 1 amide bonds. The van der Waals surface area contributed by atoms with E-state index in [2.05, 4.69) is 5.10 Å². The minimum Gasteiger partial charge on any atom is -0.338 e. The molecule has 0 radical (unpaired) electrons. The molecule has 1 aliphatic rings. The number of likely N-dealkylation sites (N-methyl/N-ethyl adjacent to an activating group) is 1. The number of hydrogen-bond acceptors (Lipinski definition) is 2. The predicted molar refractivity (Wildman–Crippen MR) is 43.7 cm³/mol. The quantitative estimate of drug-likeness (QED) is 0.649. The van der Waals surface area contributed by atoms with Crippen LogP contribution in [0.2, 0.25) is 0 Å².